The van der Waals surface area contributed by atoms with Crippen molar-refractivity contribution in [2.75, 3.05) is 24.6 Å². The van der Waals surface area contributed by atoms with E-state index in [1.807, 2.05) is 13.0 Å². The summed E-state index contributed by atoms with van der Waals surface area (Å²) in [7, 11) is 0. The molecule has 0 saturated carbocycles. The van der Waals surface area contributed by atoms with Crippen molar-refractivity contribution >= 4 is 5.69 Å². The summed E-state index contributed by atoms with van der Waals surface area (Å²) < 4.78 is 13.9. The second-order valence-corrected chi connectivity index (χ2v) is 5.07. The Kier molecular flexibility index (Phi) is 4.19. The van der Waals surface area contributed by atoms with Crippen molar-refractivity contribution in [2.45, 2.75) is 25.8 Å². The molecular weight excluding hydrogens is 231 g/mol. The Balaban J connectivity index is 2.21. The summed E-state index contributed by atoms with van der Waals surface area (Å²) in [5.41, 5.74) is 7.38. The molecule has 0 aromatic heterocycles. The molecule has 1 fully saturated rings. The predicted molar refractivity (Wildman–Crippen MR) is 71.0 cm³/mol. The zero-order chi connectivity index (χ0) is 13.1. The molecule has 0 spiro atoms. The van der Waals surface area contributed by atoms with Crippen molar-refractivity contribution in [3.05, 3.63) is 29.6 Å². The summed E-state index contributed by atoms with van der Waals surface area (Å²) in [6.45, 7) is 3.82. The van der Waals surface area contributed by atoms with Gasteiger partial charge in [-0.05, 0) is 37.8 Å². The second kappa shape index (κ2) is 5.67. The van der Waals surface area contributed by atoms with E-state index in [0.717, 1.165) is 31.6 Å². The lowest BCUT2D eigenvalue weighted by Gasteiger charge is -2.24. The maximum atomic E-state index is 13.9. The van der Waals surface area contributed by atoms with E-state index in [2.05, 4.69) is 4.90 Å². The van der Waals surface area contributed by atoms with Gasteiger partial charge in [0.05, 0.1) is 0 Å². The third-order valence-corrected chi connectivity index (χ3v) is 3.65. The Hall–Kier alpha value is -1.13. The van der Waals surface area contributed by atoms with Crippen LogP contribution in [-0.2, 0) is 0 Å². The summed E-state index contributed by atoms with van der Waals surface area (Å²) in [6, 6.07) is 4.82. The molecule has 2 unspecified atom stereocenters. The van der Waals surface area contributed by atoms with Gasteiger partial charge >= 0.3 is 0 Å². The van der Waals surface area contributed by atoms with Crippen molar-refractivity contribution < 1.29 is 9.50 Å². The summed E-state index contributed by atoms with van der Waals surface area (Å²) in [5, 5.41) is 8.97. The minimum atomic E-state index is -0.307. The molecule has 3 N–H and O–H groups in total. The van der Waals surface area contributed by atoms with Crippen molar-refractivity contribution in [1.29, 1.82) is 0 Å². The molecule has 1 aromatic rings. The lowest BCUT2D eigenvalue weighted by Crippen LogP contribution is -2.23. The van der Waals surface area contributed by atoms with Crippen LogP contribution in [0.25, 0.3) is 0 Å². The first-order valence-electron chi connectivity index (χ1n) is 6.53. The van der Waals surface area contributed by atoms with E-state index in [4.69, 9.17) is 10.8 Å². The van der Waals surface area contributed by atoms with Gasteiger partial charge in [-0.15, -0.1) is 0 Å². The number of anilines is 1. The Bertz CT molecular complexity index is 409. The maximum Gasteiger partial charge on any atom is 0.130 e. The van der Waals surface area contributed by atoms with Gasteiger partial charge in [-0.2, -0.15) is 0 Å². The number of hydrogen-bond acceptors (Lipinski definition) is 3. The molecule has 0 amide bonds. The van der Waals surface area contributed by atoms with Crippen LogP contribution in [0.2, 0.25) is 0 Å². The highest BCUT2D eigenvalue weighted by Crippen LogP contribution is 2.32. The van der Waals surface area contributed by atoms with E-state index in [-0.39, 0.29) is 18.5 Å². The number of nitrogens with zero attached hydrogens (tertiary/aromatic N) is 1. The molecule has 1 saturated heterocycles. The monoisotopic (exact) mass is 252 g/mol. The fraction of sp³-hybridized carbons (Fsp3) is 0.571. The van der Waals surface area contributed by atoms with Gasteiger partial charge in [0.1, 0.15) is 5.82 Å². The van der Waals surface area contributed by atoms with Gasteiger partial charge in [0.2, 0.25) is 0 Å². The standard InChI is InChI=1S/C14H21FN2O/c1-10(16)14-12(15)3-2-4-13(14)17-7-5-11(9-17)6-8-18/h2-4,10-11,18H,5-9,16H2,1H3. The molecule has 2 rings (SSSR count). The molecular formula is C14H21FN2O. The highest BCUT2D eigenvalue weighted by atomic mass is 19.1. The zero-order valence-electron chi connectivity index (χ0n) is 10.8. The minimum Gasteiger partial charge on any atom is -0.396 e. The first-order chi connectivity index (χ1) is 8.63. The van der Waals surface area contributed by atoms with Crippen LogP contribution >= 0.6 is 0 Å². The zero-order valence-corrected chi connectivity index (χ0v) is 10.8. The molecule has 1 heterocycles. The smallest absolute Gasteiger partial charge is 0.130 e. The third kappa shape index (κ3) is 2.65. The molecule has 0 bridgehead atoms. The molecule has 0 aliphatic carbocycles. The van der Waals surface area contributed by atoms with Crippen molar-refractivity contribution in [1.82, 2.24) is 0 Å². The molecule has 100 valence electrons. The van der Waals surface area contributed by atoms with Gasteiger partial charge in [0.15, 0.2) is 0 Å². The summed E-state index contributed by atoms with van der Waals surface area (Å²) >= 11 is 0. The van der Waals surface area contributed by atoms with Crippen molar-refractivity contribution in [3.8, 4) is 0 Å². The largest absolute Gasteiger partial charge is 0.396 e. The minimum absolute atomic E-state index is 0.224. The summed E-state index contributed by atoms with van der Waals surface area (Å²) in [5.74, 6) is 0.271. The van der Waals surface area contributed by atoms with Crippen LogP contribution in [-0.4, -0.2) is 24.8 Å². The van der Waals surface area contributed by atoms with Gasteiger partial charge in [0.25, 0.3) is 0 Å². The number of hydrogen-bond donors (Lipinski definition) is 2. The average Bonchev–Trinajstić information content (AvgIpc) is 2.77. The third-order valence-electron chi connectivity index (χ3n) is 3.65. The lowest BCUT2D eigenvalue weighted by atomic mass is 10.0. The van der Waals surface area contributed by atoms with Crippen molar-refractivity contribution in [3.63, 3.8) is 0 Å². The summed E-state index contributed by atoms with van der Waals surface area (Å²) in [4.78, 5) is 2.18. The quantitative estimate of drug-likeness (QED) is 0.862. The second-order valence-electron chi connectivity index (χ2n) is 5.07. The number of rotatable bonds is 4. The van der Waals surface area contributed by atoms with Crippen LogP contribution < -0.4 is 10.6 Å². The van der Waals surface area contributed by atoms with Gasteiger partial charge < -0.3 is 15.7 Å². The molecule has 3 nitrogen and oxygen atoms in total. The topological polar surface area (TPSA) is 49.5 Å². The van der Waals surface area contributed by atoms with E-state index in [9.17, 15) is 4.39 Å². The fourth-order valence-electron chi connectivity index (χ4n) is 2.72. The number of aliphatic hydroxyl groups excluding tert-OH is 1. The molecule has 1 aromatic carbocycles. The van der Waals surface area contributed by atoms with Crippen LogP contribution in [0.5, 0.6) is 0 Å². The van der Waals surface area contributed by atoms with Gasteiger partial charge in [-0.3, -0.25) is 0 Å². The van der Waals surface area contributed by atoms with Gasteiger partial charge in [0, 0.05) is 37.0 Å². The van der Waals surface area contributed by atoms with Crippen LogP contribution in [0.15, 0.2) is 18.2 Å². The molecule has 0 radical (unpaired) electrons. The van der Waals surface area contributed by atoms with Gasteiger partial charge in [-0.1, -0.05) is 6.07 Å². The van der Waals surface area contributed by atoms with E-state index in [1.165, 1.54) is 6.07 Å². The first kappa shape index (κ1) is 13.3. The Morgan fingerprint density at radius 3 is 3.00 bits per heavy atom. The Morgan fingerprint density at radius 1 is 1.56 bits per heavy atom. The SMILES string of the molecule is CC(N)c1c(F)cccc1N1CCC(CCO)C1. The van der Waals surface area contributed by atoms with E-state index >= 15 is 0 Å². The molecule has 18 heavy (non-hydrogen) atoms. The Morgan fingerprint density at radius 2 is 2.33 bits per heavy atom. The maximum absolute atomic E-state index is 13.9. The molecule has 1 aliphatic rings. The first-order valence-corrected chi connectivity index (χ1v) is 6.53. The number of nitrogens with two attached hydrogens (primary N) is 1. The van der Waals surface area contributed by atoms with E-state index in [0.29, 0.717) is 11.5 Å². The summed E-state index contributed by atoms with van der Waals surface area (Å²) in [6.07, 6.45) is 1.87. The normalized spacial score (nSPS) is 21.3. The lowest BCUT2D eigenvalue weighted by molar-refractivity contribution is 0.263. The highest BCUT2D eigenvalue weighted by molar-refractivity contribution is 5.56. The number of aliphatic hydroxyl groups is 1. The molecule has 1 aliphatic heterocycles. The fourth-order valence-corrected chi connectivity index (χ4v) is 2.72. The molecule has 2 atom stereocenters. The van der Waals surface area contributed by atoms with Crippen LogP contribution in [0.4, 0.5) is 10.1 Å². The van der Waals surface area contributed by atoms with Crippen LogP contribution in [0, 0.1) is 11.7 Å². The Labute approximate surface area is 107 Å². The number of halogens is 1. The van der Waals surface area contributed by atoms with Crippen LogP contribution in [0.3, 0.4) is 0 Å². The average molecular weight is 252 g/mol. The van der Waals surface area contributed by atoms with Gasteiger partial charge in [-0.25, -0.2) is 4.39 Å². The predicted octanol–water partition coefficient (Wildman–Crippen LogP) is 2.05. The van der Waals surface area contributed by atoms with E-state index in [1.54, 1.807) is 6.07 Å². The number of benzene rings is 1. The van der Waals surface area contributed by atoms with E-state index < -0.39 is 0 Å². The molecule has 4 heteroatoms. The van der Waals surface area contributed by atoms with Crippen molar-refractivity contribution in [2.24, 2.45) is 11.7 Å². The highest BCUT2D eigenvalue weighted by Gasteiger charge is 2.25. The van der Waals surface area contributed by atoms with Crippen LogP contribution in [0.1, 0.15) is 31.4 Å².